The van der Waals surface area contributed by atoms with Gasteiger partial charge in [-0.1, -0.05) is 25.5 Å². The van der Waals surface area contributed by atoms with Crippen LogP contribution < -0.4 is 18.9 Å². The molecule has 0 bridgehead atoms. The topological polar surface area (TPSA) is 140 Å². The minimum Gasteiger partial charge on any atom is -0.469 e. The van der Waals surface area contributed by atoms with Gasteiger partial charge in [-0.15, -0.1) is 0 Å². The molecule has 1 fully saturated rings. The summed E-state index contributed by atoms with van der Waals surface area (Å²) < 4.78 is 45.9. The van der Waals surface area contributed by atoms with Gasteiger partial charge >= 0.3 is 32.4 Å². The van der Waals surface area contributed by atoms with Crippen LogP contribution in [0.1, 0.15) is 131 Å². The molecule has 11 nitrogen and oxygen atoms in total. The van der Waals surface area contributed by atoms with Gasteiger partial charge in [0.2, 0.25) is 0 Å². The van der Waals surface area contributed by atoms with Crippen molar-refractivity contribution in [2.45, 2.75) is 135 Å². The van der Waals surface area contributed by atoms with Crippen molar-refractivity contribution in [1.82, 2.24) is 9.97 Å². The predicted molar refractivity (Wildman–Crippen MR) is 227 cm³/mol. The molecule has 0 amide bonds. The number of unbranched alkanes of at least 4 members (excludes halogenated alkanes) is 3. The van der Waals surface area contributed by atoms with Crippen molar-refractivity contribution < 1.29 is 60.6 Å². The summed E-state index contributed by atoms with van der Waals surface area (Å²) in [5.41, 5.74) is 7.65. The fraction of sp³-hybridized carbons (Fsp3) is 0.698. The van der Waals surface area contributed by atoms with E-state index in [0.29, 0.717) is 12.8 Å². The normalized spacial score (nSPS) is 14.2. The van der Waals surface area contributed by atoms with E-state index in [2.05, 4.69) is 47.4 Å². The van der Waals surface area contributed by atoms with E-state index in [1.54, 1.807) is 13.3 Å². The molecule has 1 aliphatic heterocycles. The van der Waals surface area contributed by atoms with Crippen LogP contribution in [0.25, 0.3) is 0 Å². The maximum Gasteiger partial charge on any atom is 1.00 e. The van der Waals surface area contributed by atoms with Crippen molar-refractivity contribution in [2.75, 3.05) is 61.1 Å². The van der Waals surface area contributed by atoms with Gasteiger partial charge in [0.25, 0.3) is 0 Å². The van der Waals surface area contributed by atoms with E-state index in [4.69, 9.17) is 23.8 Å². The van der Waals surface area contributed by atoms with E-state index in [1.165, 1.54) is 108 Å². The molecule has 5 rings (SSSR count). The molecule has 2 aromatic heterocycles. The number of ketones is 1. The molecular formula is C43H73LiN2O9P2. The Morgan fingerprint density at radius 1 is 0.702 bits per heavy atom. The molecular weight excluding hydrogens is 757 g/mol. The number of aromatic nitrogens is 2. The minimum absolute atomic E-state index is 0. The third kappa shape index (κ3) is 26.9. The zero-order valence-electron chi connectivity index (χ0n) is 36.7. The summed E-state index contributed by atoms with van der Waals surface area (Å²) in [7, 11) is 0.127. The number of pyridine rings is 2. The van der Waals surface area contributed by atoms with Gasteiger partial charge in [0, 0.05) is 83.5 Å². The molecule has 3 aliphatic rings. The number of rotatable bonds is 16. The van der Waals surface area contributed by atoms with Gasteiger partial charge in [-0.3, -0.25) is 28.7 Å². The van der Waals surface area contributed by atoms with Crippen LogP contribution in [-0.2, 0) is 80.3 Å². The second-order valence-electron chi connectivity index (χ2n) is 14.5. The largest absolute Gasteiger partial charge is 1.00 e. The third-order valence-corrected chi connectivity index (χ3v) is 12.2. The van der Waals surface area contributed by atoms with Gasteiger partial charge in [-0.2, -0.15) is 6.42 Å². The molecule has 3 heterocycles. The number of aryl methyl sites for hydroxylation is 6. The third-order valence-electron chi connectivity index (χ3n) is 9.45. The number of fused-ring (bicyclic) bond motifs is 2. The molecule has 0 spiro atoms. The van der Waals surface area contributed by atoms with Crippen LogP contribution in [0.4, 0.5) is 0 Å². The average molecular weight is 831 g/mol. The molecule has 0 saturated carbocycles. The Labute approximate surface area is 357 Å². The Morgan fingerprint density at radius 2 is 1.14 bits per heavy atom. The first kappa shape index (κ1) is 55.3. The Hall–Kier alpha value is -1.66. The summed E-state index contributed by atoms with van der Waals surface area (Å²) in [5.74, 6) is -0.191. The first-order valence-corrected chi connectivity index (χ1v) is 24.8. The van der Waals surface area contributed by atoms with E-state index in [0.717, 1.165) is 83.1 Å². The van der Waals surface area contributed by atoms with Crippen LogP contribution in [0.5, 0.6) is 0 Å². The minimum atomic E-state index is -3.22. The number of hydrogen-bond acceptors (Lipinski definition) is 11. The molecule has 1 saturated heterocycles. The Morgan fingerprint density at radius 3 is 1.51 bits per heavy atom. The van der Waals surface area contributed by atoms with Gasteiger partial charge in [0.1, 0.15) is 11.9 Å². The number of nitrogens with zero attached hydrogens (tertiary/aromatic N) is 2. The molecule has 0 aromatic carbocycles. The van der Waals surface area contributed by atoms with E-state index in [1.807, 2.05) is 0 Å². The molecule has 2 aliphatic carbocycles. The number of ether oxygens (including phenoxy) is 2. The van der Waals surface area contributed by atoms with E-state index in [9.17, 15) is 18.7 Å². The van der Waals surface area contributed by atoms with Crippen molar-refractivity contribution in [3.63, 3.8) is 0 Å². The van der Waals surface area contributed by atoms with Crippen LogP contribution in [0.2, 0.25) is 0 Å². The number of Topliss-reactive ketones (excluding diaryl/α,β-unsaturated/α-hetero) is 1. The molecule has 0 N–H and O–H groups in total. The van der Waals surface area contributed by atoms with Crippen LogP contribution in [0.15, 0.2) is 24.3 Å². The first-order chi connectivity index (χ1) is 26.8. The molecule has 2 aromatic rings. The van der Waals surface area contributed by atoms with Crippen molar-refractivity contribution in [2.24, 2.45) is 0 Å². The monoisotopic (exact) mass is 830 g/mol. The number of esters is 1. The quantitative estimate of drug-likeness (QED) is 0.0560. The summed E-state index contributed by atoms with van der Waals surface area (Å²) in [4.78, 5) is 32.3. The summed E-state index contributed by atoms with van der Waals surface area (Å²) in [5, 5.41) is 0. The van der Waals surface area contributed by atoms with E-state index < -0.39 is 15.0 Å². The van der Waals surface area contributed by atoms with E-state index >= 15 is 0 Å². The summed E-state index contributed by atoms with van der Waals surface area (Å²) in [6.45, 7) is 10.9. The Kier molecular flexibility index (Phi) is 32.1. The maximum absolute atomic E-state index is 11.9. The summed E-state index contributed by atoms with van der Waals surface area (Å²) in [6, 6.07) is 8.69. The zero-order chi connectivity index (χ0) is 41.7. The smallest absolute Gasteiger partial charge is 0.469 e. The number of hydrogen-bond donors (Lipinski definition) is 0. The van der Waals surface area contributed by atoms with Crippen molar-refractivity contribution in [3.05, 3.63) is 65.1 Å². The second kappa shape index (κ2) is 33.1. The fourth-order valence-corrected chi connectivity index (χ4v) is 6.85. The number of methoxy groups -OCH3 is 1. The summed E-state index contributed by atoms with van der Waals surface area (Å²) >= 11 is 0. The maximum atomic E-state index is 11.9. The van der Waals surface area contributed by atoms with Gasteiger partial charge in [-0.05, 0) is 126 Å². The summed E-state index contributed by atoms with van der Waals surface area (Å²) in [6.07, 6.45) is 20.6. The first-order valence-electron chi connectivity index (χ1n) is 20.6. The van der Waals surface area contributed by atoms with Crippen LogP contribution >= 0.6 is 15.0 Å². The molecule has 320 valence electrons. The Balaban J connectivity index is 0.000000809. The average Bonchev–Trinajstić information content (AvgIpc) is 3.82. The second-order valence-corrected chi connectivity index (χ2v) is 19.6. The van der Waals surface area contributed by atoms with Crippen LogP contribution in [-0.4, -0.2) is 82.9 Å². The molecule has 0 atom stereocenters. The van der Waals surface area contributed by atoms with Crippen molar-refractivity contribution in [1.29, 1.82) is 0 Å². The fourth-order valence-electron chi connectivity index (χ4n) is 5.85. The van der Waals surface area contributed by atoms with Crippen molar-refractivity contribution >= 4 is 26.7 Å². The molecule has 0 radical (unpaired) electrons. The predicted octanol–water partition coefficient (Wildman–Crippen LogP) is 7.17. The standard InChI is InChI=1S/C17H26NO4P.C15H21NO2.C4H8O.C4H9.C3H9O2P.Li/c1-21-23(20,22-2)13-16(19)9-5-4-8-15-12-11-14-7-3-6-10-17(14)18-15;1-18-15(17)9-5-3-7-13-11-10-12-6-2-4-8-14(12)16-13;1-2-4-5-3-1;1-3-4-2;1-5-6(2,3)4;/h11-12H,3-10,13H2,1-2H3;10-11H,2-9H2,1H3;1-4H2;1,3-4H2,2H3;1-3H3;/q;;;-1;;+1. The van der Waals surface area contributed by atoms with Gasteiger partial charge in [0.15, 0.2) is 7.37 Å². The number of carbonyl (C=O) groups is 2. The van der Waals surface area contributed by atoms with Gasteiger partial charge in [-0.25, -0.2) is 0 Å². The molecule has 14 heteroatoms. The van der Waals surface area contributed by atoms with Gasteiger partial charge < -0.3 is 30.0 Å². The molecule has 57 heavy (non-hydrogen) atoms. The SMILES string of the molecule is C1CCOC1.COC(=O)CCCCc1ccc2c(n1)CCCC2.COP(=O)(CC(=O)CCCCc1ccc2c(n1)CCCC2)OC.COP(C)(C)=O.[CH2-]CCC.[Li+]. The molecule has 0 unspecified atom stereocenters. The zero-order valence-corrected chi connectivity index (χ0v) is 38.5. The van der Waals surface area contributed by atoms with Gasteiger partial charge in [0.05, 0.1) is 7.11 Å². The van der Waals surface area contributed by atoms with Crippen LogP contribution in [0.3, 0.4) is 0 Å². The number of carbonyl (C=O) groups excluding carboxylic acids is 2. The Bertz CT molecular complexity index is 1470. The van der Waals surface area contributed by atoms with E-state index in [-0.39, 0.29) is 36.8 Å². The van der Waals surface area contributed by atoms with Crippen molar-refractivity contribution in [3.8, 4) is 0 Å². The van der Waals surface area contributed by atoms with Crippen LogP contribution in [0, 0.1) is 6.92 Å².